The number of rotatable bonds is 8. The number of hydrogen-bond acceptors (Lipinski definition) is 5. The Kier molecular flexibility index (Phi) is 6.02. The molecule has 116 valence electrons. The summed E-state index contributed by atoms with van der Waals surface area (Å²) in [5, 5.41) is 28.4. The zero-order valence-corrected chi connectivity index (χ0v) is 12.1. The van der Waals surface area contributed by atoms with Gasteiger partial charge in [-0.25, -0.2) is 0 Å². The summed E-state index contributed by atoms with van der Waals surface area (Å²) in [6.07, 6.45) is 1.15. The zero-order chi connectivity index (χ0) is 16.0. The van der Waals surface area contributed by atoms with Crippen molar-refractivity contribution in [3.05, 3.63) is 17.7 Å². The smallest absolute Gasteiger partial charge is 0.306 e. The Morgan fingerprint density at radius 3 is 2.29 bits per heavy atom. The van der Waals surface area contributed by atoms with Crippen molar-refractivity contribution in [1.82, 2.24) is 0 Å². The highest BCUT2D eigenvalue weighted by atomic mass is 16.5. The SMILES string of the molecule is CCCC(=O)c1c(O)cc(OCCC(C)C(=O)O)cc1O. The van der Waals surface area contributed by atoms with Crippen LogP contribution >= 0.6 is 0 Å². The Bertz CT molecular complexity index is 500. The van der Waals surface area contributed by atoms with Gasteiger partial charge in [0, 0.05) is 18.6 Å². The lowest BCUT2D eigenvalue weighted by atomic mass is 10.0. The third kappa shape index (κ3) is 4.66. The summed E-state index contributed by atoms with van der Waals surface area (Å²) in [6, 6.07) is 2.49. The van der Waals surface area contributed by atoms with Gasteiger partial charge in [0.2, 0.25) is 0 Å². The fourth-order valence-corrected chi connectivity index (χ4v) is 1.78. The number of carbonyl (C=O) groups is 2. The molecule has 0 bridgehead atoms. The van der Waals surface area contributed by atoms with Crippen LogP contribution in [0.1, 0.15) is 43.5 Å². The molecular formula is C15H20O6. The van der Waals surface area contributed by atoms with E-state index in [1.54, 1.807) is 6.92 Å². The topological polar surface area (TPSA) is 104 Å². The first-order chi connectivity index (χ1) is 9.86. The van der Waals surface area contributed by atoms with Crippen LogP contribution in [0, 0.1) is 5.92 Å². The van der Waals surface area contributed by atoms with E-state index in [2.05, 4.69) is 0 Å². The molecule has 0 heterocycles. The molecule has 1 rings (SSSR count). The monoisotopic (exact) mass is 296 g/mol. The Balaban J connectivity index is 2.75. The molecule has 0 spiro atoms. The number of phenolic OH excluding ortho intramolecular Hbond substituents is 2. The van der Waals surface area contributed by atoms with Crippen molar-refractivity contribution in [3.63, 3.8) is 0 Å². The first-order valence-electron chi connectivity index (χ1n) is 6.81. The molecule has 1 aromatic carbocycles. The molecule has 1 aromatic rings. The predicted molar refractivity (Wildman–Crippen MR) is 75.9 cm³/mol. The van der Waals surface area contributed by atoms with E-state index >= 15 is 0 Å². The van der Waals surface area contributed by atoms with E-state index in [1.807, 2.05) is 6.92 Å². The molecule has 21 heavy (non-hydrogen) atoms. The number of phenols is 2. The first-order valence-corrected chi connectivity index (χ1v) is 6.81. The minimum Gasteiger partial charge on any atom is -0.507 e. The van der Waals surface area contributed by atoms with E-state index in [0.29, 0.717) is 12.8 Å². The summed E-state index contributed by atoms with van der Waals surface area (Å²) < 4.78 is 5.29. The third-order valence-corrected chi connectivity index (χ3v) is 3.07. The van der Waals surface area contributed by atoms with Gasteiger partial charge in [-0.2, -0.15) is 0 Å². The molecule has 0 radical (unpaired) electrons. The second-order valence-corrected chi connectivity index (χ2v) is 4.89. The fraction of sp³-hybridized carbons (Fsp3) is 0.467. The summed E-state index contributed by atoms with van der Waals surface area (Å²) >= 11 is 0. The maximum absolute atomic E-state index is 11.7. The van der Waals surface area contributed by atoms with Crippen LogP contribution in [0.3, 0.4) is 0 Å². The molecular weight excluding hydrogens is 276 g/mol. The van der Waals surface area contributed by atoms with Crippen LogP contribution in [0.25, 0.3) is 0 Å². The van der Waals surface area contributed by atoms with Gasteiger partial charge in [0.1, 0.15) is 22.8 Å². The first kappa shape index (κ1) is 16.8. The Morgan fingerprint density at radius 1 is 1.24 bits per heavy atom. The average Bonchev–Trinajstić information content (AvgIpc) is 2.37. The number of Topliss-reactive ketones (excluding diaryl/α,β-unsaturated/α-hetero) is 1. The van der Waals surface area contributed by atoms with E-state index in [-0.39, 0.29) is 41.6 Å². The van der Waals surface area contributed by atoms with Gasteiger partial charge >= 0.3 is 5.97 Å². The highest BCUT2D eigenvalue weighted by Gasteiger charge is 2.18. The number of ketones is 1. The maximum atomic E-state index is 11.7. The molecule has 1 unspecified atom stereocenters. The summed E-state index contributed by atoms with van der Waals surface area (Å²) in [6.45, 7) is 3.52. The fourth-order valence-electron chi connectivity index (χ4n) is 1.78. The molecule has 3 N–H and O–H groups in total. The highest BCUT2D eigenvalue weighted by Crippen LogP contribution is 2.33. The van der Waals surface area contributed by atoms with Crippen LogP contribution in [0.5, 0.6) is 17.2 Å². The minimum absolute atomic E-state index is 0.108. The molecule has 0 aliphatic carbocycles. The van der Waals surface area contributed by atoms with Crippen LogP contribution in [-0.2, 0) is 4.79 Å². The van der Waals surface area contributed by atoms with Gasteiger partial charge in [0.25, 0.3) is 0 Å². The van der Waals surface area contributed by atoms with Crippen LogP contribution in [-0.4, -0.2) is 33.7 Å². The van der Waals surface area contributed by atoms with Crippen molar-refractivity contribution in [2.45, 2.75) is 33.1 Å². The summed E-state index contributed by atoms with van der Waals surface area (Å²) in [4.78, 5) is 22.4. The van der Waals surface area contributed by atoms with Gasteiger partial charge in [-0.1, -0.05) is 13.8 Å². The van der Waals surface area contributed by atoms with E-state index in [4.69, 9.17) is 9.84 Å². The standard InChI is InChI=1S/C15H20O6/c1-3-4-11(16)14-12(17)7-10(8-13(14)18)21-6-5-9(2)15(19)20/h7-9,17-18H,3-6H2,1-2H3,(H,19,20). The minimum atomic E-state index is -0.912. The van der Waals surface area contributed by atoms with Crippen molar-refractivity contribution in [2.75, 3.05) is 6.61 Å². The number of ether oxygens (including phenoxy) is 1. The van der Waals surface area contributed by atoms with Gasteiger partial charge in [-0.15, -0.1) is 0 Å². The Hall–Kier alpha value is -2.24. The van der Waals surface area contributed by atoms with Gasteiger partial charge in [-0.3, -0.25) is 9.59 Å². The quantitative estimate of drug-likeness (QED) is 0.637. The Morgan fingerprint density at radius 2 is 1.81 bits per heavy atom. The zero-order valence-electron chi connectivity index (χ0n) is 12.1. The molecule has 6 nitrogen and oxygen atoms in total. The summed E-state index contributed by atoms with van der Waals surface area (Å²) in [7, 11) is 0. The molecule has 0 amide bonds. The third-order valence-electron chi connectivity index (χ3n) is 3.07. The number of aliphatic carboxylic acids is 1. The normalized spacial score (nSPS) is 11.9. The number of hydrogen-bond donors (Lipinski definition) is 3. The van der Waals surface area contributed by atoms with Crippen molar-refractivity contribution in [3.8, 4) is 17.2 Å². The molecule has 0 saturated carbocycles. The number of aromatic hydroxyl groups is 2. The lowest BCUT2D eigenvalue weighted by Gasteiger charge is -2.11. The lowest BCUT2D eigenvalue weighted by molar-refractivity contribution is -0.141. The van der Waals surface area contributed by atoms with Gasteiger partial charge < -0.3 is 20.1 Å². The highest BCUT2D eigenvalue weighted by molar-refractivity contribution is 6.01. The molecule has 0 aliphatic rings. The number of carboxylic acid groups (broad SMARTS) is 1. The number of carbonyl (C=O) groups excluding carboxylic acids is 1. The summed E-state index contributed by atoms with van der Waals surface area (Å²) in [5.41, 5.74) is -0.108. The average molecular weight is 296 g/mol. The van der Waals surface area contributed by atoms with Crippen molar-refractivity contribution in [1.29, 1.82) is 0 Å². The van der Waals surface area contributed by atoms with Crippen LogP contribution in [0.15, 0.2) is 12.1 Å². The second kappa shape index (κ2) is 7.52. The van der Waals surface area contributed by atoms with E-state index in [9.17, 15) is 19.8 Å². The second-order valence-electron chi connectivity index (χ2n) is 4.89. The van der Waals surface area contributed by atoms with Crippen molar-refractivity contribution < 1.29 is 29.6 Å². The molecule has 0 fully saturated rings. The molecule has 0 saturated heterocycles. The number of carboxylic acids is 1. The maximum Gasteiger partial charge on any atom is 0.306 e. The van der Waals surface area contributed by atoms with Crippen LogP contribution in [0.4, 0.5) is 0 Å². The number of benzene rings is 1. The van der Waals surface area contributed by atoms with Crippen molar-refractivity contribution >= 4 is 11.8 Å². The van der Waals surface area contributed by atoms with Gasteiger partial charge in [0.15, 0.2) is 5.78 Å². The molecule has 6 heteroatoms. The molecule has 0 aliphatic heterocycles. The van der Waals surface area contributed by atoms with Gasteiger partial charge in [0.05, 0.1) is 12.5 Å². The lowest BCUT2D eigenvalue weighted by Crippen LogP contribution is -2.13. The van der Waals surface area contributed by atoms with E-state index in [1.165, 1.54) is 12.1 Å². The Labute approximate surface area is 123 Å². The van der Waals surface area contributed by atoms with Crippen LogP contribution in [0.2, 0.25) is 0 Å². The summed E-state index contributed by atoms with van der Waals surface area (Å²) in [5.74, 6) is -2.28. The van der Waals surface area contributed by atoms with E-state index < -0.39 is 11.9 Å². The largest absolute Gasteiger partial charge is 0.507 e. The van der Waals surface area contributed by atoms with Crippen molar-refractivity contribution in [2.24, 2.45) is 5.92 Å². The predicted octanol–water partition coefficient (Wildman–Crippen LogP) is 2.57. The van der Waals surface area contributed by atoms with E-state index in [0.717, 1.165) is 0 Å². The molecule has 0 aromatic heterocycles. The van der Waals surface area contributed by atoms with Crippen LogP contribution < -0.4 is 4.74 Å². The van der Waals surface area contributed by atoms with Gasteiger partial charge in [-0.05, 0) is 12.8 Å². The molecule has 1 atom stereocenters.